The molecular formula is C20H29N3O3. The highest BCUT2D eigenvalue weighted by Gasteiger charge is 2.44. The molecule has 26 heavy (non-hydrogen) atoms. The Morgan fingerprint density at radius 1 is 0.962 bits per heavy atom. The van der Waals surface area contributed by atoms with E-state index in [1.807, 2.05) is 25.8 Å². The summed E-state index contributed by atoms with van der Waals surface area (Å²) >= 11 is 0. The second kappa shape index (κ2) is 7.58. The van der Waals surface area contributed by atoms with E-state index in [0.29, 0.717) is 6.54 Å². The van der Waals surface area contributed by atoms with Crippen LogP contribution in [0.25, 0.3) is 0 Å². The zero-order valence-electron chi connectivity index (χ0n) is 16.6. The fourth-order valence-electron chi connectivity index (χ4n) is 2.91. The molecule has 0 unspecified atom stereocenters. The van der Waals surface area contributed by atoms with E-state index in [-0.39, 0.29) is 24.5 Å². The number of nitrogens with zero attached hydrogens (tertiary/aromatic N) is 3. The van der Waals surface area contributed by atoms with Gasteiger partial charge in [-0.2, -0.15) is 0 Å². The van der Waals surface area contributed by atoms with Crippen LogP contribution in [0.3, 0.4) is 0 Å². The molecule has 1 aliphatic heterocycles. The molecule has 1 fully saturated rings. The Hall–Kier alpha value is -2.21. The minimum Gasteiger partial charge on any atom is -0.284 e. The molecule has 0 spiro atoms. The van der Waals surface area contributed by atoms with Crippen LogP contribution >= 0.6 is 0 Å². The third-order valence-corrected chi connectivity index (χ3v) is 4.34. The van der Waals surface area contributed by atoms with Gasteiger partial charge in [0.15, 0.2) is 0 Å². The average molecular weight is 359 g/mol. The number of urea groups is 1. The van der Waals surface area contributed by atoms with Crippen LogP contribution in [0.15, 0.2) is 24.3 Å². The van der Waals surface area contributed by atoms with E-state index in [0.717, 1.165) is 15.4 Å². The smallest absolute Gasteiger partial charge is 0.284 e. The number of hydrogen-bond donors (Lipinski definition) is 0. The molecular weight excluding hydrogens is 330 g/mol. The minimum absolute atomic E-state index is 0.0963. The van der Waals surface area contributed by atoms with E-state index in [1.54, 1.807) is 0 Å². The standard InChI is InChI=1S/C20H29N3O3/c1-14(2)11-22-17(24)18(25)23(19(22)26)13-21(6)12-15-7-9-16(10-8-15)20(3,4)5/h7-10,14H,11-13H2,1-6H3. The lowest BCUT2D eigenvalue weighted by Crippen LogP contribution is -2.41. The second-order valence-electron chi connectivity index (χ2n) is 8.43. The highest BCUT2D eigenvalue weighted by molar-refractivity contribution is 6.44. The van der Waals surface area contributed by atoms with Crippen molar-refractivity contribution in [2.45, 2.75) is 46.6 Å². The van der Waals surface area contributed by atoms with Crippen molar-refractivity contribution >= 4 is 17.8 Å². The molecule has 0 aromatic heterocycles. The van der Waals surface area contributed by atoms with Gasteiger partial charge in [-0.3, -0.25) is 19.4 Å². The molecule has 1 aromatic carbocycles. The summed E-state index contributed by atoms with van der Waals surface area (Å²) in [5.74, 6) is -1.35. The Morgan fingerprint density at radius 2 is 1.50 bits per heavy atom. The van der Waals surface area contributed by atoms with Gasteiger partial charge in [-0.1, -0.05) is 58.9 Å². The molecule has 6 nitrogen and oxygen atoms in total. The monoisotopic (exact) mass is 359 g/mol. The minimum atomic E-state index is -0.745. The van der Waals surface area contributed by atoms with Crippen molar-refractivity contribution in [3.63, 3.8) is 0 Å². The summed E-state index contributed by atoms with van der Waals surface area (Å²) in [7, 11) is 1.83. The van der Waals surface area contributed by atoms with Gasteiger partial charge in [0.05, 0.1) is 6.67 Å². The maximum Gasteiger partial charge on any atom is 0.335 e. The van der Waals surface area contributed by atoms with E-state index in [1.165, 1.54) is 5.56 Å². The highest BCUT2D eigenvalue weighted by atomic mass is 16.2. The first-order chi connectivity index (χ1) is 12.0. The average Bonchev–Trinajstić information content (AvgIpc) is 2.72. The number of hydrogen-bond acceptors (Lipinski definition) is 4. The lowest BCUT2D eigenvalue weighted by atomic mass is 9.87. The van der Waals surface area contributed by atoms with Crippen LogP contribution in [0, 0.1) is 5.92 Å². The summed E-state index contributed by atoms with van der Waals surface area (Å²) in [4.78, 5) is 40.5. The first-order valence-electron chi connectivity index (χ1n) is 8.96. The number of carbonyl (C=O) groups excluding carboxylic acids is 3. The van der Waals surface area contributed by atoms with Gasteiger partial charge in [0.2, 0.25) is 0 Å². The van der Waals surface area contributed by atoms with Crippen molar-refractivity contribution in [1.82, 2.24) is 14.7 Å². The number of rotatable bonds is 6. The summed E-state index contributed by atoms with van der Waals surface area (Å²) in [5, 5.41) is 0. The van der Waals surface area contributed by atoms with Gasteiger partial charge in [-0.25, -0.2) is 9.69 Å². The van der Waals surface area contributed by atoms with Crippen molar-refractivity contribution in [2.24, 2.45) is 5.92 Å². The Kier molecular flexibility index (Phi) is 5.86. The third-order valence-electron chi connectivity index (χ3n) is 4.34. The first kappa shape index (κ1) is 20.1. The predicted molar refractivity (Wildman–Crippen MR) is 100 cm³/mol. The molecule has 0 saturated carbocycles. The molecule has 4 amide bonds. The number of amides is 4. The van der Waals surface area contributed by atoms with Crippen LogP contribution in [0.2, 0.25) is 0 Å². The van der Waals surface area contributed by atoms with E-state index in [4.69, 9.17) is 0 Å². The van der Waals surface area contributed by atoms with Gasteiger partial charge >= 0.3 is 17.8 Å². The molecule has 0 atom stereocenters. The van der Waals surface area contributed by atoms with Gasteiger partial charge in [0, 0.05) is 13.1 Å². The van der Waals surface area contributed by atoms with Gasteiger partial charge in [-0.15, -0.1) is 0 Å². The topological polar surface area (TPSA) is 60.9 Å². The molecule has 1 aromatic rings. The SMILES string of the molecule is CC(C)CN1C(=O)C(=O)N(CN(C)Cc2ccc(C(C)(C)C)cc2)C1=O. The second-order valence-corrected chi connectivity index (χ2v) is 8.43. The number of imide groups is 2. The summed E-state index contributed by atoms with van der Waals surface area (Å²) in [6.07, 6.45) is 0. The van der Waals surface area contributed by atoms with Crippen molar-refractivity contribution in [1.29, 1.82) is 0 Å². The summed E-state index contributed by atoms with van der Waals surface area (Å²) < 4.78 is 0. The predicted octanol–water partition coefficient (Wildman–Crippen LogP) is 2.82. The molecule has 1 saturated heterocycles. The molecule has 0 N–H and O–H groups in total. The van der Waals surface area contributed by atoms with Crippen molar-refractivity contribution in [3.8, 4) is 0 Å². The third kappa shape index (κ3) is 4.49. The Bertz CT molecular complexity index is 689. The van der Waals surface area contributed by atoms with Gasteiger partial charge in [0.1, 0.15) is 0 Å². The molecule has 1 heterocycles. The highest BCUT2D eigenvalue weighted by Crippen LogP contribution is 2.22. The lowest BCUT2D eigenvalue weighted by molar-refractivity contribution is -0.144. The van der Waals surface area contributed by atoms with Crippen molar-refractivity contribution in [3.05, 3.63) is 35.4 Å². The number of benzene rings is 1. The van der Waals surface area contributed by atoms with Crippen molar-refractivity contribution in [2.75, 3.05) is 20.3 Å². The Labute approximate surface area is 155 Å². The fourth-order valence-corrected chi connectivity index (χ4v) is 2.91. The maximum absolute atomic E-state index is 12.4. The zero-order chi connectivity index (χ0) is 19.6. The van der Waals surface area contributed by atoms with E-state index in [2.05, 4.69) is 45.0 Å². The molecule has 0 bridgehead atoms. The van der Waals surface area contributed by atoms with Crippen molar-refractivity contribution < 1.29 is 14.4 Å². The zero-order valence-corrected chi connectivity index (χ0v) is 16.6. The molecule has 2 rings (SSSR count). The van der Waals surface area contributed by atoms with Crippen LogP contribution in [0.4, 0.5) is 4.79 Å². The largest absolute Gasteiger partial charge is 0.335 e. The first-order valence-corrected chi connectivity index (χ1v) is 8.96. The van der Waals surface area contributed by atoms with Gasteiger partial charge < -0.3 is 0 Å². The molecule has 1 aliphatic rings. The maximum atomic E-state index is 12.4. The van der Waals surface area contributed by atoms with Crippen LogP contribution in [-0.4, -0.2) is 52.8 Å². The van der Waals surface area contributed by atoms with Crippen LogP contribution < -0.4 is 0 Å². The lowest BCUT2D eigenvalue weighted by Gasteiger charge is -2.23. The quantitative estimate of drug-likeness (QED) is 0.579. The van der Waals surface area contributed by atoms with E-state index < -0.39 is 17.8 Å². The Morgan fingerprint density at radius 3 is 2.00 bits per heavy atom. The summed E-state index contributed by atoms with van der Waals surface area (Å²) in [5.41, 5.74) is 2.44. The molecule has 142 valence electrons. The van der Waals surface area contributed by atoms with Crippen LogP contribution in [0.1, 0.15) is 45.7 Å². The molecule has 0 aliphatic carbocycles. The van der Waals surface area contributed by atoms with Gasteiger partial charge in [-0.05, 0) is 29.5 Å². The number of carbonyl (C=O) groups is 3. The summed E-state index contributed by atoms with van der Waals surface area (Å²) in [6, 6.07) is 7.79. The van der Waals surface area contributed by atoms with Crippen LogP contribution in [0.5, 0.6) is 0 Å². The Balaban J connectivity index is 2.01. The summed E-state index contributed by atoms with van der Waals surface area (Å²) in [6.45, 7) is 11.2. The van der Waals surface area contributed by atoms with E-state index in [9.17, 15) is 14.4 Å². The van der Waals surface area contributed by atoms with E-state index >= 15 is 0 Å². The molecule has 6 heteroatoms. The normalized spacial score (nSPS) is 15.8. The molecule has 0 radical (unpaired) electrons. The van der Waals surface area contributed by atoms with Gasteiger partial charge in [0.25, 0.3) is 0 Å². The fraction of sp³-hybridized carbons (Fsp3) is 0.550. The van der Waals surface area contributed by atoms with Crippen LogP contribution in [-0.2, 0) is 21.5 Å².